The predicted molar refractivity (Wildman–Crippen MR) is 439 cm³/mol. The molecule has 0 N–H and O–H groups in total. The Morgan fingerprint density at radius 3 is 1.07 bits per heavy atom. The number of carbonyl (C=O) groups excluding carboxylic acids is 2. The first-order valence-electron chi connectivity index (χ1n) is 40.0. The van der Waals surface area contributed by atoms with Crippen molar-refractivity contribution < 1.29 is 9.59 Å². The summed E-state index contributed by atoms with van der Waals surface area (Å²) >= 11 is 11.1. The van der Waals surface area contributed by atoms with Crippen LogP contribution in [0.2, 0.25) is 0 Å². The summed E-state index contributed by atoms with van der Waals surface area (Å²) in [6.45, 7) is 32.6. The molecule has 0 bridgehead atoms. The first kappa shape index (κ1) is 76.8. The van der Waals surface area contributed by atoms with Crippen LogP contribution in [-0.2, 0) is 25.7 Å². The average Bonchev–Trinajstić information content (AvgIpc) is 1.57. The zero-order valence-electron chi connectivity index (χ0n) is 63.2. The van der Waals surface area contributed by atoms with Gasteiger partial charge in [0.15, 0.2) is 0 Å². The van der Waals surface area contributed by atoms with E-state index in [-0.39, 0.29) is 17.9 Å². The van der Waals surface area contributed by atoms with Crippen LogP contribution in [0.5, 0.6) is 0 Å². The van der Waals surface area contributed by atoms with Gasteiger partial charge in [-0.15, -0.1) is 56.7 Å². The lowest BCUT2D eigenvalue weighted by Crippen LogP contribution is -2.42. The molecule has 5 nitrogen and oxygen atoms in total. The molecule has 1 aliphatic heterocycles. The van der Waals surface area contributed by atoms with E-state index >= 15 is 9.59 Å². The van der Waals surface area contributed by atoms with E-state index in [1.165, 1.54) is 230 Å². The Labute approximate surface area is 616 Å². The summed E-state index contributed by atoms with van der Waals surface area (Å²) < 4.78 is 16.4. The lowest BCUT2D eigenvalue weighted by atomic mass is 9.84. The van der Waals surface area contributed by atoms with Crippen LogP contribution in [0.3, 0.4) is 0 Å². The van der Waals surface area contributed by atoms with Gasteiger partial charge in [-0.3, -0.25) is 14.5 Å². The van der Waals surface area contributed by atoms with Crippen LogP contribution >= 0.6 is 68.4 Å². The molecule has 6 unspecified atom stereocenters. The first-order chi connectivity index (χ1) is 47.7. The molecule has 2 amide bonds. The lowest BCUT2D eigenvalue weighted by Gasteiger charge is -2.32. The minimum atomic E-state index is -0.0904. The average molecular weight is 1440 g/mol. The predicted octanol–water partition coefficient (Wildman–Crippen LogP) is 30.0. The second kappa shape index (κ2) is 37.0. The molecular formula is C87H123N3O2S6. The van der Waals surface area contributed by atoms with Crippen LogP contribution in [0.15, 0.2) is 36.4 Å². The fraction of sp³-hybridized carbons (Fsp3) is 0.632. The Balaban J connectivity index is 1.12. The summed E-state index contributed by atoms with van der Waals surface area (Å²) in [5.41, 5.74) is 11.9. The topological polar surface area (TPSA) is 63.2 Å². The van der Waals surface area contributed by atoms with Crippen molar-refractivity contribution in [1.29, 1.82) is 0 Å². The number of unbranched alkanes of at least 4 members (excludes halogenated alkanes) is 6. The van der Waals surface area contributed by atoms with Crippen molar-refractivity contribution in [2.45, 2.75) is 321 Å². The molecule has 6 atom stereocenters. The molecule has 1 aliphatic rings. The fourth-order valence-electron chi connectivity index (χ4n) is 17.1. The highest BCUT2D eigenvalue weighted by molar-refractivity contribution is 7.27. The number of fused-ring (bicyclic) bond motifs is 6. The van der Waals surface area contributed by atoms with Crippen molar-refractivity contribution in [1.82, 2.24) is 13.6 Å². The lowest BCUT2D eigenvalue weighted by molar-refractivity contribution is 0.0528. The summed E-state index contributed by atoms with van der Waals surface area (Å²) in [5.74, 6) is 3.72. The van der Waals surface area contributed by atoms with Crippen molar-refractivity contribution in [3.63, 3.8) is 0 Å². The Morgan fingerprint density at radius 1 is 0.378 bits per heavy atom. The van der Waals surface area contributed by atoms with E-state index in [9.17, 15) is 0 Å². The third-order valence-corrected chi connectivity index (χ3v) is 30.2. The summed E-state index contributed by atoms with van der Waals surface area (Å²) in [5, 5.41) is 5.78. The number of imide groups is 1. The molecule has 0 fully saturated rings. The second-order valence-electron chi connectivity index (χ2n) is 30.2. The van der Waals surface area contributed by atoms with Gasteiger partial charge in [0.2, 0.25) is 0 Å². The van der Waals surface area contributed by atoms with Crippen LogP contribution in [-0.4, -0.2) is 31.5 Å². The number of aromatic nitrogens is 2. The van der Waals surface area contributed by atoms with Crippen LogP contribution in [0.4, 0.5) is 0 Å². The van der Waals surface area contributed by atoms with E-state index in [1.54, 1.807) is 27.4 Å². The van der Waals surface area contributed by atoms with Crippen molar-refractivity contribution >= 4 is 132 Å². The maximum Gasteiger partial charge on any atom is 0.263 e. The van der Waals surface area contributed by atoms with Gasteiger partial charge < -0.3 is 0 Å². The van der Waals surface area contributed by atoms with Gasteiger partial charge in [-0.25, -0.2) is 0 Å². The number of aryl methyl sites for hydroxylation is 6. The molecule has 0 saturated heterocycles. The number of hydrogen-bond donors (Lipinski definition) is 0. The van der Waals surface area contributed by atoms with Gasteiger partial charge >= 0.3 is 0 Å². The standard InChI is InChI=1S/C87H123N3O2S6/c1-15-27-33-57(21-7)39-43-64-70-49-55(13)93-81(70)65(44-40-58(22-8)34-28-16-2)71-52-74(95-82(64)71)68-47-48-69(80-79(68)88-98-89-80)75-53-72-66(45-41-59(23-9)35-29-17-3)84-73(67(83(72)96-75)46-42-60(24-10)36-30-18-4)54-76(97-84)85-78-77(56(14)94-85)86(91)90(87(78)92)63(50-61(25-11)37-31-19-5)51-62(26-12)38-32-20-6/h47-49,52-54,57-63H,15-46,50-51H2,1-14H3. The molecule has 0 spiro atoms. The molecule has 3 aromatic carbocycles. The van der Waals surface area contributed by atoms with Crippen LogP contribution < -0.4 is 0 Å². The van der Waals surface area contributed by atoms with E-state index in [1.807, 2.05) is 45.3 Å². The maximum atomic E-state index is 15.6. The van der Waals surface area contributed by atoms with Crippen LogP contribution in [0, 0.1) is 49.4 Å². The number of nitrogens with zero attached hydrogens (tertiary/aromatic N) is 3. The smallest absolute Gasteiger partial charge is 0.263 e. The van der Waals surface area contributed by atoms with Gasteiger partial charge in [-0.1, -0.05) is 249 Å². The Morgan fingerprint density at radius 2 is 0.704 bits per heavy atom. The molecule has 0 radical (unpaired) electrons. The molecule has 98 heavy (non-hydrogen) atoms. The third-order valence-electron chi connectivity index (χ3n) is 23.6. The molecule has 534 valence electrons. The van der Waals surface area contributed by atoms with Crippen molar-refractivity contribution in [3.8, 4) is 30.6 Å². The van der Waals surface area contributed by atoms with E-state index in [0.717, 1.165) is 115 Å². The van der Waals surface area contributed by atoms with Crippen molar-refractivity contribution in [2.24, 2.45) is 35.5 Å². The highest BCUT2D eigenvalue weighted by atomic mass is 32.1. The number of amides is 2. The van der Waals surface area contributed by atoms with E-state index in [2.05, 4.69) is 133 Å². The fourth-order valence-corrected chi connectivity index (χ4v) is 23.9. The van der Waals surface area contributed by atoms with Gasteiger partial charge in [0.05, 0.1) is 27.7 Å². The normalized spacial score (nSPS) is 15.1. The summed E-state index contributed by atoms with van der Waals surface area (Å²) in [6, 6.07) is 15.0. The largest absolute Gasteiger partial charge is 0.271 e. The second-order valence-corrected chi connectivity index (χ2v) is 36.4. The Kier molecular flexibility index (Phi) is 29.0. The molecule has 6 aromatic heterocycles. The van der Waals surface area contributed by atoms with E-state index in [0.29, 0.717) is 34.8 Å². The minimum absolute atomic E-state index is 0.0425. The zero-order valence-corrected chi connectivity index (χ0v) is 68.1. The third kappa shape index (κ3) is 17.2. The molecule has 0 saturated carbocycles. The Bertz CT molecular complexity index is 3880. The van der Waals surface area contributed by atoms with Gasteiger partial charge in [-0.2, -0.15) is 8.75 Å². The quantitative estimate of drug-likeness (QED) is 0.0357. The summed E-state index contributed by atoms with van der Waals surface area (Å²) in [4.78, 5) is 39.9. The van der Waals surface area contributed by atoms with E-state index < -0.39 is 0 Å². The van der Waals surface area contributed by atoms with Gasteiger partial charge in [-0.05, 0) is 182 Å². The highest BCUT2D eigenvalue weighted by Gasteiger charge is 2.45. The molecule has 7 heterocycles. The minimum Gasteiger partial charge on any atom is -0.271 e. The number of rotatable bonds is 44. The SMILES string of the molecule is CCCCC(CC)CCc1c2cc(-c3ccc(-c4cc5c(CCC(CC)CCCC)c6sc(-c7sc(C)c8c7C(=O)N(C(CC(CC)CCCC)CC(CC)CCCC)C8=O)cc6c(CCC(CC)CCCC)c5s4)c4nsnc34)sc2c(CCC(CC)CCCC)c2cc(C)sc12. The maximum absolute atomic E-state index is 15.6. The number of carbonyl (C=O) groups is 2. The van der Waals surface area contributed by atoms with Gasteiger partial charge in [0.25, 0.3) is 11.8 Å². The van der Waals surface area contributed by atoms with Gasteiger partial charge in [0.1, 0.15) is 11.0 Å². The van der Waals surface area contributed by atoms with Crippen LogP contribution in [0.1, 0.15) is 328 Å². The number of thiophene rings is 5. The Hall–Kier alpha value is -3.84. The van der Waals surface area contributed by atoms with Crippen LogP contribution in [0.25, 0.3) is 82.0 Å². The van der Waals surface area contributed by atoms with Gasteiger partial charge in [0, 0.05) is 60.4 Å². The molecule has 10 rings (SSSR count). The van der Waals surface area contributed by atoms with Crippen molar-refractivity contribution in [2.75, 3.05) is 0 Å². The highest BCUT2D eigenvalue weighted by Crippen LogP contribution is 2.53. The zero-order chi connectivity index (χ0) is 69.6. The molecule has 9 aromatic rings. The number of hydrogen-bond acceptors (Lipinski definition) is 10. The molecule has 11 heteroatoms. The first-order valence-corrected chi connectivity index (χ1v) is 44.8. The summed E-state index contributed by atoms with van der Waals surface area (Å²) in [7, 11) is 0. The molecule has 0 aliphatic carbocycles. The molecular weight excluding hydrogens is 1310 g/mol. The number of benzene rings is 3. The van der Waals surface area contributed by atoms with E-state index in [4.69, 9.17) is 8.75 Å². The summed E-state index contributed by atoms with van der Waals surface area (Å²) in [6.07, 6.45) is 40.2. The van der Waals surface area contributed by atoms with Crippen molar-refractivity contribution in [3.05, 3.63) is 79.5 Å². The monoisotopic (exact) mass is 1430 g/mol.